The summed E-state index contributed by atoms with van der Waals surface area (Å²) in [6.45, 7) is 4.81. The molecule has 0 aliphatic carbocycles. The summed E-state index contributed by atoms with van der Waals surface area (Å²) in [6, 6.07) is 0. The Morgan fingerprint density at radius 3 is 2.60 bits per heavy atom. The monoisotopic (exact) mass is 211 g/mol. The van der Waals surface area contributed by atoms with Crippen LogP contribution in [0.15, 0.2) is 0 Å². The van der Waals surface area contributed by atoms with Crippen molar-refractivity contribution in [3.05, 3.63) is 5.69 Å². The summed E-state index contributed by atoms with van der Waals surface area (Å²) in [6.07, 6.45) is 4.81. The number of aryl methyl sites for hydroxylation is 2. The zero-order valence-electron chi connectivity index (χ0n) is 9.92. The molecule has 0 bridgehead atoms. The van der Waals surface area contributed by atoms with Crippen LogP contribution < -0.4 is 10.5 Å². The van der Waals surface area contributed by atoms with E-state index in [9.17, 15) is 0 Å². The van der Waals surface area contributed by atoms with Crippen LogP contribution in [0.4, 0.5) is 5.69 Å². The molecule has 0 aliphatic heterocycles. The van der Waals surface area contributed by atoms with Gasteiger partial charge in [-0.15, -0.1) is 0 Å². The highest BCUT2D eigenvalue weighted by molar-refractivity contribution is 5.52. The second-order valence-corrected chi connectivity index (χ2v) is 3.84. The minimum atomic E-state index is 0.660. The van der Waals surface area contributed by atoms with Crippen LogP contribution in [0.25, 0.3) is 0 Å². The van der Waals surface area contributed by atoms with Crippen molar-refractivity contribution < 1.29 is 4.74 Å². The van der Waals surface area contributed by atoms with Gasteiger partial charge in [0.05, 0.1) is 12.3 Å². The fourth-order valence-corrected chi connectivity index (χ4v) is 1.52. The zero-order valence-corrected chi connectivity index (χ0v) is 9.92. The Labute approximate surface area is 91.4 Å². The van der Waals surface area contributed by atoms with Crippen LogP contribution in [0.1, 0.15) is 38.3 Å². The minimum Gasteiger partial charge on any atom is -0.476 e. The lowest BCUT2D eigenvalue weighted by molar-refractivity contribution is 0.281. The SMILES string of the molecule is CCCCCCOc1c(N)c(C)nn1C. The second-order valence-electron chi connectivity index (χ2n) is 3.84. The molecule has 0 unspecified atom stereocenters. The Hall–Kier alpha value is -1.19. The van der Waals surface area contributed by atoms with E-state index in [1.165, 1.54) is 19.3 Å². The number of aromatic nitrogens is 2. The molecule has 0 spiro atoms. The number of anilines is 1. The Balaban J connectivity index is 2.37. The van der Waals surface area contributed by atoms with Crippen LogP contribution in [-0.2, 0) is 7.05 Å². The molecule has 0 fully saturated rings. The first-order chi connectivity index (χ1) is 7.16. The van der Waals surface area contributed by atoms with Crippen LogP contribution in [0.3, 0.4) is 0 Å². The lowest BCUT2D eigenvalue weighted by Gasteiger charge is -2.06. The number of ether oxygens (including phenoxy) is 1. The topological polar surface area (TPSA) is 53.1 Å². The summed E-state index contributed by atoms with van der Waals surface area (Å²) in [5, 5.41) is 4.19. The van der Waals surface area contributed by atoms with Gasteiger partial charge < -0.3 is 10.5 Å². The van der Waals surface area contributed by atoms with Crippen molar-refractivity contribution in [2.24, 2.45) is 7.05 Å². The Morgan fingerprint density at radius 2 is 2.07 bits per heavy atom. The average molecular weight is 211 g/mol. The third-order valence-corrected chi connectivity index (χ3v) is 2.45. The van der Waals surface area contributed by atoms with Gasteiger partial charge in [-0.25, -0.2) is 4.68 Å². The zero-order chi connectivity index (χ0) is 11.3. The summed E-state index contributed by atoms with van der Waals surface area (Å²) in [7, 11) is 1.85. The molecule has 0 saturated carbocycles. The van der Waals surface area contributed by atoms with Crippen LogP contribution in [-0.4, -0.2) is 16.4 Å². The van der Waals surface area contributed by atoms with Gasteiger partial charge in [-0.2, -0.15) is 5.10 Å². The summed E-state index contributed by atoms with van der Waals surface area (Å²) >= 11 is 0. The lowest BCUT2D eigenvalue weighted by Crippen LogP contribution is -2.04. The first-order valence-corrected chi connectivity index (χ1v) is 5.58. The Bertz CT molecular complexity index is 307. The summed E-state index contributed by atoms with van der Waals surface area (Å²) in [5.74, 6) is 0.698. The van der Waals surface area contributed by atoms with Crippen molar-refractivity contribution in [3.63, 3.8) is 0 Å². The molecule has 0 aliphatic rings. The molecule has 1 aromatic rings. The number of hydrogen-bond acceptors (Lipinski definition) is 3. The molecule has 0 radical (unpaired) electrons. The normalized spacial score (nSPS) is 10.6. The van der Waals surface area contributed by atoms with Gasteiger partial charge in [0.25, 0.3) is 0 Å². The lowest BCUT2D eigenvalue weighted by atomic mass is 10.2. The van der Waals surface area contributed by atoms with Gasteiger partial charge in [0.1, 0.15) is 5.69 Å². The fraction of sp³-hybridized carbons (Fsp3) is 0.727. The largest absolute Gasteiger partial charge is 0.476 e. The summed E-state index contributed by atoms with van der Waals surface area (Å²) in [5.41, 5.74) is 7.33. The van der Waals surface area contributed by atoms with Crippen LogP contribution in [0.2, 0.25) is 0 Å². The number of nitrogen functional groups attached to an aromatic ring is 1. The Kier molecular flexibility index (Phi) is 4.46. The maximum absolute atomic E-state index is 5.84. The van der Waals surface area contributed by atoms with Gasteiger partial charge in [-0.3, -0.25) is 0 Å². The van der Waals surface area contributed by atoms with Crippen molar-refractivity contribution >= 4 is 5.69 Å². The molecule has 4 heteroatoms. The summed E-state index contributed by atoms with van der Waals surface area (Å²) < 4.78 is 7.31. The van der Waals surface area contributed by atoms with Crippen molar-refractivity contribution in [1.29, 1.82) is 0 Å². The third kappa shape index (κ3) is 3.15. The van der Waals surface area contributed by atoms with E-state index in [2.05, 4.69) is 12.0 Å². The Morgan fingerprint density at radius 1 is 1.33 bits per heavy atom. The molecular weight excluding hydrogens is 190 g/mol. The van der Waals surface area contributed by atoms with Crippen molar-refractivity contribution in [2.75, 3.05) is 12.3 Å². The fourth-order valence-electron chi connectivity index (χ4n) is 1.52. The van der Waals surface area contributed by atoms with Gasteiger partial charge in [-0.1, -0.05) is 26.2 Å². The molecule has 15 heavy (non-hydrogen) atoms. The second kappa shape index (κ2) is 5.63. The van der Waals surface area contributed by atoms with Crippen molar-refractivity contribution in [3.8, 4) is 5.88 Å². The van der Waals surface area contributed by atoms with Gasteiger partial charge >= 0.3 is 0 Å². The molecule has 0 saturated heterocycles. The smallest absolute Gasteiger partial charge is 0.235 e. The van der Waals surface area contributed by atoms with Crippen LogP contribution in [0, 0.1) is 6.92 Å². The molecule has 1 aromatic heterocycles. The molecule has 0 atom stereocenters. The average Bonchev–Trinajstić information content (AvgIpc) is 2.44. The highest BCUT2D eigenvalue weighted by atomic mass is 16.5. The van der Waals surface area contributed by atoms with E-state index < -0.39 is 0 Å². The quantitative estimate of drug-likeness (QED) is 0.734. The maximum Gasteiger partial charge on any atom is 0.235 e. The molecule has 4 nitrogen and oxygen atoms in total. The first-order valence-electron chi connectivity index (χ1n) is 5.58. The number of rotatable bonds is 6. The summed E-state index contributed by atoms with van der Waals surface area (Å²) in [4.78, 5) is 0. The third-order valence-electron chi connectivity index (χ3n) is 2.45. The van der Waals surface area contributed by atoms with Crippen LogP contribution in [0.5, 0.6) is 5.88 Å². The van der Waals surface area contributed by atoms with E-state index >= 15 is 0 Å². The molecule has 1 rings (SSSR count). The van der Waals surface area contributed by atoms with Gasteiger partial charge in [-0.05, 0) is 13.3 Å². The van der Waals surface area contributed by atoms with Crippen molar-refractivity contribution in [2.45, 2.75) is 39.5 Å². The molecule has 0 amide bonds. The van der Waals surface area contributed by atoms with E-state index in [0.29, 0.717) is 11.6 Å². The number of nitrogens with zero attached hydrogens (tertiary/aromatic N) is 2. The van der Waals surface area contributed by atoms with Gasteiger partial charge in [0.15, 0.2) is 0 Å². The minimum absolute atomic E-state index is 0.660. The van der Waals surface area contributed by atoms with E-state index in [1.54, 1.807) is 4.68 Å². The highest BCUT2D eigenvalue weighted by Gasteiger charge is 2.10. The van der Waals surface area contributed by atoms with E-state index in [4.69, 9.17) is 10.5 Å². The predicted octanol–water partition coefficient (Wildman–Crippen LogP) is 2.27. The number of unbranched alkanes of at least 4 members (excludes halogenated alkanes) is 3. The van der Waals surface area contributed by atoms with Gasteiger partial charge in [0.2, 0.25) is 5.88 Å². The van der Waals surface area contributed by atoms with Crippen molar-refractivity contribution in [1.82, 2.24) is 9.78 Å². The molecule has 0 aromatic carbocycles. The van der Waals surface area contributed by atoms with E-state index in [-0.39, 0.29) is 0 Å². The molecule has 2 N–H and O–H groups in total. The van der Waals surface area contributed by atoms with Crippen LogP contribution >= 0.6 is 0 Å². The predicted molar refractivity (Wildman–Crippen MR) is 62.0 cm³/mol. The molecular formula is C11H21N3O. The molecule has 86 valence electrons. The standard InChI is InChI=1S/C11H21N3O/c1-4-5-6-7-8-15-11-10(12)9(2)13-14(11)3/h4-8,12H2,1-3H3. The maximum atomic E-state index is 5.84. The van der Waals surface area contributed by atoms with E-state index in [0.717, 1.165) is 18.7 Å². The number of nitrogens with two attached hydrogens (primary N) is 1. The first kappa shape index (κ1) is 11.9. The molecule has 1 heterocycles. The van der Waals surface area contributed by atoms with E-state index in [1.807, 2.05) is 14.0 Å². The van der Waals surface area contributed by atoms with Gasteiger partial charge in [0, 0.05) is 7.05 Å². The highest BCUT2D eigenvalue weighted by Crippen LogP contribution is 2.23. The number of hydrogen-bond donors (Lipinski definition) is 1.